The Bertz CT molecular complexity index is 403. The van der Waals surface area contributed by atoms with Gasteiger partial charge in [0.1, 0.15) is 17.5 Å². The Kier molecular flexibility index (Phi) is 5.33. The summed E-state index contributed by atoms with van der Waals surface area (Å²) in [5, 5.41) is 8.89. The lowest BCUT2D eigenvalue weighted by Crippen LogP contribution is -2.29. The zero-order valence-electron chi connectivity index (χ0n) is 11.1. The van der Waals surface area contributed by atoms with Crippen LogP contribution in [0.25, 0.3) is 0 Å². The van der Waals surface area contributed by atoms with E-state index in [0.29, 0.717) is 12.4 Å². The maximum atomic E-state index is 8.89. The van der Waals surface area contributed by atoms with E-state index in [-0.39, 0.29) is 5.92 Å². The first-order valence-corrected chi connectivity index (χ1v) is 6.13. The summed E-state index contributed by atoms with van der Waals surface area (Å²) in [4.78, 5) is 10.8. The summed E-state index contributed by atoms with van der Waals surface area (Å²) in [6.45, 7) is 7.36. The summed E-state index contributed by atoms with van der Waals surface area (Å²) in [6.07, 6.45) is 0.744. The molecule has 1 unspecified atom stereocenters. The molecule has 1 aromatic rings. The Morgan fingerprint density at radius 3 is 2.72 bits per heavy atom. The van der Waals surface area contributed by atoms with E-state index in [9.17, 15) is 0 Å². The minimum absolute atomic E-state index is 0.0423. The van der Waals surface area contributed by atoms with E-state index in [1.54, 1.807) is 6.07 Å². The molecule has 0 bridgehead atoms. The number of nitrogens with two attached hydrogens (primary N) is 1. The predicted octanol–water partition coefficient (Wildman–Crippen LogP) is 1.31. The number of rotatable bonds is 6. The van der Waals surface area contributed by atoms with Crippen LogP contribution in [0.5, 0.6) is 0 Å². The van der Waals surface area contributed by atoms with Crippen molar-refractivity contribution in [2.75, 3.05) is 23.4 Å². The molecule has 98 valence electrons. The fraction of sp³-hybridized carbons (Fsp3) is 0.583. The van der Waals surface area contributed by atoms with Crippen molar-refractivity contribution in [2.24, 2.45) is 11.8 Å². The highest BCUT2D eigenvalue weighted by atomic mass is 15.3. The van der Waals surface area contributed by atoms with Crippen LogP contribution in [0, 0.1) is 17.2 Å². The molecule has 3 N–H and O–H groups in total. The van der Waals surface area contributed by atoms with Crippen molar-refractivity contribution in [3.05, 3.63) is 11.9 Å². The standard InChI is InChI=1S/C12H20N6/c1-4-10-15-11(17-14)6-12(16-10)18(5-2)8-9(3)7-13/h6,9H,4-5,8,14H2,1-3H3,(H,15,16,17). The van der Waals surface area contributed by atoms with Crippen molar-refractivity contribution in [3.63, 3.8) is 0 Å². The van der Waals surface area contributed by atoms with Crippen LogP contribution < -0.4 is 16.2 Å². The number of aromatic nitrogens is 2. The molecule has 0 radical (unpaired) electrons. The van der Waals surface area contributed by atoms with Gasteiger partial charge in [-0.05, 0) is 13.8 Å². The summed E-state index contributed by atoms with van der Waals surface area (Å²) in [7, 11) is 0. The fourth-order valence-electron chi connectivity index (χ4n) is 1.63. The summed E-state index contributed by atoms with van der Waals surface area (Å²) < 4.78 is 0. The molecule has 0 spiro atoms. The lowest BCUT2D eigenvalue weighted by Gasteiger charge is -2.23. The zero-order chi connectivity index (χ0) is 13.5. The van der Waals surface area contributed by atoms with Crippen molar-refractivity contribution in [1.82, 2.24) is 9.97 Å². The number of hydrogen-bond acceptors (Lipinski definition) is 6. The highest BCUT2D eigenvalue weighted by Gasteiger charge is 2.12. The van der Waals surface area contributed by atoms with Gasteiger partial charge < -0.3 is 10.3 Å². The zero-order valence-corrected chi connectivity index (χ0v) is 11.1. The van der Waals surface area contributed by atoms with Crippen molar-refractivity contribution in [1.29, 1.82) is 5.26 Å². The van der Waals surface area contributed by atoms with Gasteiger partial charge in [-0.1, -0.05) is 6.92 Å². The maximum absolute atomic E-state index is 8.89. The van der Waals surface area contributed by atoms with Crippen LogP contribution in [0.2, 0.25) is 0 Å². The molecule has 18 heavy (non-hydrogen) atoms. The molecule has 1 heterocycles. The Labute approximate surface area is 108 Å². The molecule has 0 saturated heterocycles. The van der Waals surface area contributed by atoms with E-state index in [0.717, 1.165) is 24.6 Å². The second-order valence-corrected chi connectivity index (χ2v) is 4.09. The summed E-state index contributed by atoms with van der Waals surface area (Å²) in [5.74, 6) is 7.50. The van der Waals surface area contributed by atoms with Gasteiger partial charge in [0.05, 0.1) is 12.0 Å². The maximum Gasteiger partial charge on any atom is 0.145 e. The minimum Gasteiger partial charge on any atom is -0.355 e. The largest absolute Gasteiger partial charge is 0.355 e. The molecule has 1 rings (SSSR count). The van der Waals surface area contributed by atoms with Gasteiger partial charge in [-0.2, -0.15) is 5.26 Å². The third-order valence-electron chi connectivity index (χ3n) is 2.64. The molecule has 6 heteroatoms. The molecule has 0 aliphatic heterocycles. The number of nitriles is 1. The Morgan fingerprint density at radius 2 is 2.22 bits per heavy atom. The van der Waals surface area contributed by atoms with Gasteiger partial charge in [-0.3, -0.25) is 0 Å². The molecule has 0 aliphatic carbocycles. The number of aryl methyl sites for hydroxylation is 1. The van der Waals surface area contributed by atoms with Crippen LogP contribution in [0.4, 0.5) is 11.6 Å². The minimum atomic E-state index is -0.0423. The number of hydrogen-bond donors (Lipinski definition) is 2. The van der Waals surface area contributed by atoms with Gasteiger partial charge in [-0.15, -0.1) is 0 Å². The summed E-state index contributed by atoms with van der Waals surface area (Å²) in [5.41, 5.74) is 2.55. The number of nitrogen functional groups attached to an aromatic ring is 1. The lowest BCUT2D eigenvalue weighted by molar-refractivity contribution is 0.676. The van der Waals surface area contributed by atoms with Gasteiger partial charge in [0.15, 0.2) is 0 Å². The first-order valence-electron chi connectivity index (χ1n) is 6.13. The third kappa shape index (κ3) is 3.57. The van der Waals surface area contributed by atoms with Gasteiger partial charge in [0.25, 0.3) is 0 Å². The number of nitrogens with zero attached hydrogens (tertiary/aromatic N) is 4. The van der Waals surface area contributed by atoms with Gasteiger partial charge in [0.2, 0.25) is 0 Å². The molecule has 0 fully saturated rings. The number of nitrogens with one attached hydrogen (secondary N) is 1. The average molecular weight is 248 g/mol. The van der Waals surface area contributed by atoms with Crippen LogP contribution in [0.15, 0.2) is 6.07 Å². The summed E-state index contributed by atoms with van der Waals surface area (Å²) in [6, 6.07) is 4.03. The topological polar surface area (TPSA) is 90.9 Å². The van der Waals surface area contributed by atoms with E-state index >= 15 is 0 Å². The molecule has 6 nitrogen and oxygen atoms in total. The van der Waals surface area contributed by atoms with Gasteiger partial charge >= 0.3 is 0 Å². The van der Waals surface area contributed by atoms with Crippen LogP contribution in [-0.4, -0.2) is 23.1 Å². The second-order valence-electron chi connectivity index (χ2n) is 4.09. The van der Waals surface area contributed by atoms with Crippen LogP contribution >= 0.6 is 0 Å². The normalized spacial score (nSPS) is 11.7. The van der Waals surface area contributed by atoms with E-state index in [1.165, 1.54) is 0 Å². The lowest BCUT2D eigenvalue weighted by atomic mass is 10.2. The van der Waals surface area contributed by atoms with Crippen LogP contribution in [-0.2, 0) is 6.42 Å². The quantitative estimate of drug-likeness (QED) is 0.582. The average Bonchev–Trinajstić information content (AvgIpc) is 2.43. The molecule has 1 atom stereocenters. The molecule has 1 aromatic heterocycles. The second kappa shape index (κ2) is 6.77. The van der Waals surface area contributed by atoms with Crippen molar-refractivity contribution < 1.29 is 0 Å². The molecule has 0 aliphatic rings. The monoisotopic (exact) mass is 248 g/mol. The first kappa shape index (κ1) is 14.2. The first-order chi connectivity index (χ1) is 8.64. The fourth-order valence-corrected chi connectivity index (χ4v) is 1.63. The van der Waals surface area contributed by atoms with Gasteiger partial charge in [-0.25, -0.2) is 15.8 Å². The molecule has 0 amide bonds. The third-order valence-corrected chi connectivity index (χ3v) is 2.64. The van der Waals surface area contributed by atoms with Crippen molar-refractivity contribution >= 4 is 11.6 Å². The van der Waals surface area contributed by atoms with Crippen LogP contribution in [0.1, 0.15) is 26.6 Å². The smallest absolute Gasteiger partial charge is 0.145 e. The van der Waals surface area contributed by atoms with E-state index in [2.05, 4.69) is 26.4 Å². The molecule has 0 aromatic carbocycles. The molecule has 0 saturated carbocycles. The molecular formula is C12H20N6. The van der Waals surface area contributed by atoms with E-state index in [4.69, 9.17) is 11.1 Å². The van der Waals surface area contributed by atoms with Crippen molar-refractivity contribution in [2.45, 2.75) is 27.2 Å². The highest BCUT2D eigenvalue weighted by Crippen LogP contribution is 2.17. The highest BCUT2D eigenvalue weighted by molar-refractivity contribution is 5.49. The molecular weight excluding hydrogens is 228 g/mol. The number of anilines is 2. The summed E-state index contributed by atoms with van der Waals surface area (Å²) >= 11 is 0. The van der Waals surface area contributed by atoms with E-state index in [1.807, 2.05) is 20.8 Å². The Hall–Kier alpha value is -1.87. The number of hydrazine groups is 1. The SMILES string of the molecule is CCc1nc(NN)cc(N(CC)CC(C)C#N)n1. The van der Waals surface area contributed by atoms with Gasteiger partial charge in [0, 0.05) is 25.6 Å². The predicted molar refractivity (Wildman–Crippen MR) is 71.9 cm³/mol. The van der Waals surface area contributed by atoms with Crippen molar-refractivity contribution in [3.8, 4) is 6.07 Å². The Morgan fingerprint density at radius 1 is 1.50 bits per heavy atom. The van der Waals surface area contributed by atoms with E-state index < -0.39 is 0 Å². The van der Waals surface area contributed by atoms with Crippen LogP contribution in [0.3, 0.4) is 0 Å². The Balaban J connectivity index is 3.01.